The third-order valence-corrected chi connectivity index (χ3v) is 7.93. The second kappa shape index (κ2) is 12.6. The summed E-state index contributed by atoms with van der Waals surface area (Å²) >= 11 is 1.01. The number of hydrogen-bond acceptors (Lipinski definition) is 11. The summed E-state index contributed by atoms with van der Waals surface area (Å²) in [7, 11) is 7.52. The van der Waals surface area contributed by atoms with Crippen LogP contribution in [-0.2, 0) is 23.8 Å². The Morgan fingerprint density at radius 3 is 2.40 bits per heavy atom. The molecule has 228 valence electrons. The van der Waals surface area contributed by atoms with Crippen molar-refractivity contribution in [1.29, 1.82) is 0 Å². The number of anilines is 1. The second-order valence-corrected chi connectivity index (χ2v) is 10.4. The van der Waals surface area contributed by atoms with Crippen LogP contribution in [0.1, 0.15) is 12.0 Å². The zero-order valence-electron chi connectivity index (χ0n) is 23.9. The average Bonchev–Trinajstić information content (AvgIpc) is 3.66. The molecule has 0 saturated carbocycles. The van der Waals surface area contributed by atoms with Gasteiger partial charge in [-0.1, -0.05) is 22.6 Å². The van der Waals surface area contributed by atoms with Gasteiger partial charge in [-0.25, -0.2) is 13.8 Å². The van der Waals surface area contributed by atoms with Gasteiger partial charge in [0.25, 0.3) is 5.91 Å². The van der Waals surface area contributed by atoms with Gasteiger partial charge in [-0.15, -0.1) is 0 Å². The molecule has 0 spiro atoms. The monoisotopic (exact) mass is 617 g/mol. The van der Waals surface area contributed by atoms with E-state index in [4.69, 9.17) is 33.3 Å². The maximum absolute atomic E-state index is 13.6. The zero-order chi connectivity index (χ0) is 30.7. The fourth-order valence-corrected chi connectivity index (χ4v) is 5.65. The van der Waals surface area contributed by atoms with E-state index >= 15 is 0 Å². The van der Waals surface area contributed by atoms with Crippen molar-refractivity contribution < 1.29 is 46.8 Å². The molecule has 0 saturated heterocycles. The third kappa shape index (κ3) is 6.04. The lowest BCUT2D eigenvalue weighted by atomic mass is 9.92. The van der Waals surface area contributed by atoms with Crippen LogP contribution in [0.4, 0.5) is 13.9 Å². The predicted molar refractivity (Wildman–Crippen MR) is 154 cm³/mol. The van der Waals surface area contributed by atoms with E-state index in [0.29, 0.717) is 34.1 Å². The molecule has 1 aromatic heterocycles. The quantitative estimate of drug-likeness (QED) is 0.308. The number of nitrogens with one attached hydrogen (secondary N) is 1. The second-order valence-electron chi connectivity index (χ2n) is 9.41. The number of amides is 1. The number of benzene rings is 2. The van der Waals surface area contributed by atoms with E-state index in [1.54, 1.807) is 30.4 Å². The summed E-state index contributed by atoms with van der Waals surface area (Å²) in [5, 5.41) is 7.06. The number of halogens is 2. The van der Waals surface area contributed by atoms with Gasteiger partial charge in [0, 0.05) is 32.3 Å². The minimum atomic E-state index is -1.31. The van der Waals surface area contributed by atoms with Crippen molar-refractivity contribution >= 4 is 38.3 Å². The molecule has 1 aliphatic heterocycles. The molecule has 2 aromatic carbocycles. The fourth-order valence-electron chi connectivity index (χ4n) is 4.76. The molecule has 2 unspecified atom stereocenters. The van der Waals surface area contributed by atoms with Gasteiger partial charge < -0.3 is 33.3 Å². The summed E-state index contributed by atoms with van der Waals surface area (Å²) in [6, 6.07) is 5.59. The molecule has 11 nitrogen and oxygen atoms in total. The van der Waals surface area contributed by atoms with Gasteiger partial charge in [-0.3, -0.25) is 10.1 Å². The molecule has 1 N–H and O–H groups in total. The normalized spacial score (nSPS) is 19.0. The molecule has 5 rings (SSSR count). The minimum Gasteiger partial charge on any atom is -0.493 e. The number of fused-ring (bicyclic) bond motifs is 1. The van der Waals surface area contributed by atoms with Gasteiger partial charge in [0.2, 0.25) is 11.5 Å². The number of thiazole rings is 1. The van der Waals surface area contributed by atoms with Gasteiger partial charge in [-0.05, 0) is 35.9 Å². The first kappa shape index (κ1) is 30.4. The molecule has 0 radical (unpaired) electrons. The largest absolute Gasteiger partial charge is 0.493 e. The van der Waals surface area contributed by atoms with E-state index in [0.717, 1.165) is 34.6 Å². The Kier molecular flexibility index (Phi) is 8.92. The smallest absolute Gasteiger partial charge is 0.252 e. The Morgan fingerprint density at radius 2 is 1.74 bits per heavy atom. The van der Waals surface area contributed by atoms with Crippen LogP contribution in [0, 0.1) is 11.6 Å². The van der Waals surface area contributed by atoms with Gasteiger partial charge in [0.15, 0.2) is 34.4 Å². The Labute approximate surface area is 249 Å². The number of methoxy groups -OCH3 is 5. The standard InChI is InChI=1S/C29H29F2N3O8S/c1-36-22-8-16(9-23(37-2)27(22)38-3)19-13-21(42-34-19)15-6-7-29(39-4,40-5)25(10-15)41-14-26(35)33-28-32-20-11-17(30)18(31)12-24(20)43-28/h6-12,21,25H,13-14H2,1-5H3,(H,32,33,35). The molecule has 0 fully saturated rings. The van der Waals surface area contributed by atoms with E-state index in [-0.39, 0.29) is 10.6 Å². The van der Waals surface area contributed by atoms with Crippen LogP contribution >= 0.6 is 11.3 Å². The Hall–Kier alpha value is -4.11. The summed E-state index contributed by atoms with van der Waals surface area (Å²) in [5.74, 6) is -2.41. The highest BCUT2D eigenvalue weighted by Gasteiger charge is 2.41. The van der Waals surface area contributed by atoms with E-state index in [9.17, 15) is 13.6 Å². The molecule has 3 aromatic rings. The SMILES string of the molecule is COc1cc(C2=NOC(C3=CC(OCC(=O)Nc4nc5cc(F)c(F)cc5s4)C(OC)(OC)C=C3)C2)cc(OC)c1OC. The van der Waals surface area contributed by atoms with Gasteiger partial charge in [-0.2, -0.15) is 0 Å². The lowest BCUT2D eigenvalue weighted by Crippen LogP contribution is -2.47. The van der Waals surface area contributed by atoms with Crippen LogP contribution in [0.5, 0.6) is 17.2 Å². The van der Waals surface area contributed by atoms with Gasteiger partial charge in [0.1, 0.15) is 12.7 Å². The van der Waals surface area contributed by atoms with Crippen molar-refractivity contribution in [1.82, 2.24) is 4.98 Å². The van der Waals surface area contributed by atoms with Crippen LogP contribution < -0.4 is 19.5 Å². The van der Waals surface area contributed by atoms with Crippen molar-refractivity contribution in [2.24, 2.45) is 5.16 Å². The molecule has 2 aliphatic rings. The van der Waals surface area contributed by atoms with Crippen LogP contribution in [0.15, 0.2) is 53.2 Å². The highest BCUT2D eigenvalue weighted by atomic mass is 32.1. The number of ether oxygens (including phenoxy) is 6. The van der Waals surface area contributed by atoms with Gasteiger partial charge in [0.05, 0.1) is 37.3 Å². The number of rotatable bonds is 11. The van der Waals surface area contributed by atoms with Crippen LogP contribution in [-0.4, -0.2) is 76.8 Å². The van der Waals surface area contributed by atoms with Crippen molar-refractivity contribution in [2.45, 2.75) is 24.4 Å². The molecular weight excluding hydrogens is 588 g/mol. The maximum Gasteiger partial charge on any atom is 0.252 e. The fraction of sp³-hybridized carbons (Fsp3) is 0.345. The summed E-state index contributed by atoms with van der Waals surface area (Å²) in [6.45, 7) is -0.395. The molecule has 14 heteroatoms. The molecule has 1 amide bonds. The summed E-state index contributed by atoms with van der Waals surface area (Å²) in [4.78, 5) is 22.6. The first-order valence-electron chi connectivity index (χ1n) is 13.0. The van der Waals surface area contributed by atoms with Crippen molar-refractivity contribution in [2.75, 3.05) is 47.5 Å². The Morgan fingerprint density at radius 1 is 1.05 bits per heavy atom. The first-order valence-corrected chi connectivity index (χ1v) is 13.8. The minimum absolute atomic E-state index is 0.175. The number of aromatic nitrogens is 1. The number of carbonyl (C=O) groups is 1. The summed E-state index contributed by atoms with van der Waals surface area (Å²) in [5.41, 5.74) is 2.37. The van der Waals surface area contributed by atoms with Crippen LogP contribution in [0.2, 0.25) is 0 Å². The number of carbonyl (C=O) groups excluding carboxylic acids is 1. The number of oxime groups is 1. The third-order valence-electron chi connectivity index (χ3n) is 7.00. The maximum atomic E-state index is 13.6. The van der Waals surface area contributed by atoms with E-state index in [1.165, 1.54) is 35.5 Å². The molecule has 1 aliphatic carbocycles. The first-order chi connectivity index (χ1) is 20.7. The highest BCUT2D eigenvalue weighted by molar-refractivity contribution is 7.22. The van der Waals surface area contributed by atoms with Crippen LogP contribution in [0.25, 0.3) is 10.2 Å². The summed E-state index contributed by atoms with van der Waals surface area (Å²) in [6.07, 6.45) is 4.35. The molecule has 2 atom stereocenters. The van der Waals surface area contributed by atoms with Crippen LogP contribution in [0.3, 0.4) is 0 Å². The Bertz CT molecular complexity index is 1550. The lowest BCUT2D eigenvalue weighted by Gasteiger charge is -2.36. The lowest BCUT2D eigenvalue weighted by molar-refractivity contribution is -0.225. The van der Waals surface area contributed by atoms with Gasteiger partial charge >= 0.3 is 0 Å². The molecule has 43 heavy (non-hydrogen) atoms. The number of hydrogen-bond donors (Lipinski definition) is 1. The molecule has 0 bridgehead atoms. The van der Waals surface area contributed by atoms with Crippen molar-refractivity contribution in [3.8, 4) is 17.2 Å². The topological polar surface area (TPSA) is 119 Å². The molecule has 2 heterocycles. The number of nitrogens with zero attached hydrogens (tertiary/aromatic N) is 2. The van der Waals surface area contributed by atoms with E-state index in [2.05, 4.69) is 15.5 Å². The summed E-state index contributed by atoms with van der Waals surface area (Å²) < 4.78 is 61.0. The average molecular weight is 618 g/mol. The van der Waals surface area contributed by atoms with E-state index < -0.39 is 42.1 Å². The van der Waals surface area contributed by atoms with Crippen molar-refractivity contribution in [3.63, 3.8) is 0 Å². The Balaban J connectivity index is 1.29. The predicted octanol–water partition coefficient (Wildman–Crippen LogP) is 4.60. The van der Waals surface area contributed by atoms with E-state index in [1.807, 2.05) is 0 Å². The zero-order valence-corrected chi connectivity index (χ0v) is 24.8. The van der Waals surface area contributed by atoms with Crippen molar-refractivity contribution in [3.05, 3.63) is 65.3 Å². The molecular formula is C29H29F2N3O8S. The highest BCUT2D eigenvalue weighted by Crippen LogP contribution is 2.40.